The molecule has 0 saturated carbocycles. The van der Waals surface area contributed by atoms with Crippen molar-refractivity contribution in [2.24, 2.45) is 16.6 Å². The Hall–Kier alpha value is -3.42. The minimum absolute atomic E-state index is 0.0845. The summed E-state index contributed by atoms with van der Waals surface area (Å²) in [7, 11) is 1.60. The predicted octanol–water partition coefficient (Wildman–Crippen LogP) is 4.98. The van der Waals surface area contributed by atoms with Crippen LogP contribution in [0.25, 0.3) is 10.9 Å². The number of nitrogens with zero attached hydrogens (tertiary/aromatic N) is 3. The number of ether oxygens (including phenoxy) is 2. The zero-order chi connectivity index (χ0) is 26.1. The second-order valence-corrected chi connectivity index (χ2v) is 10.6. The highest BCUT2D eigenvalue weighted by Gasteiger charge is 2.50. The number of fused-ring (bicyclic) bond motifs is 1. The maximum Gasteiger partial charge on any atom is 0.164 e. The van der Waals surface area contributed by atoms with Gasteiger partial charge in [0.15, 0.2) is 22.6 Å². The summed E-state index contributed by atoms with van der Waals surface area (Å²) in [5.41, 5.74) is 5.93. The van der Waals surface area contributed by atoms with E-state index in [1.807, 2.05) is 13.8 Å². The number of hydrogen-bond donors (Lipinski definition) is 2. The lowest BCUT2D eigenvalue weighted by atomic mass is 9.74. The summed E-state index contributed by atoms with van der Waals surface area (Å²) in [6.07, 6.45) is 8.36. The maximum atomic E-state index is 15.3. The fourth-order valence-electron chi connectivity index (χ4n) is 4.51. The van der Waals surface area contributed by atoms with Crippen LogP contribution < -0.4 is 15.8 Å². The molecule has 1 aliphatic heterocycles. The van der Waals surface area contributed by atoms with Crippen LogP contribution in [0.4, 0.5) is 20.3 Å². The second kappa shape index (κ2) is 9.91. The monoisotopic (exact) mass is 511 g/mol. The molecular weight excluding hydrogens is 484 g/mol. The first kappa shape index (κ1) is 25.7. The number of nitrogens with one attached hydrogen (secondary N) is 1. The summed E-state index contributed by atoms with van der Waals surface area (Å²) in [5.74, 6) is 1.06. The Balaban J connectivity index is 1.76. The number of nitrogens with two attached hydrogens (primary N) is 1. The normalized spacial score (nSPS) is 23.7. The van der Waals surface area contributed by atoms with Gasteiger partial charge >= 0.3 is 0 Å². The number of methoxy groups -OCH3 is 1. The van der Waals surface area contributed by atoms with E-state index in [0.29, 0.717) is 29.4 Å². The van der Waals surface area contributed by atoms with E-state index in [-0.39, 0.29) is 23.3 Å². The first-order valence-electron chi connectivity index (χ1n) is 11.2. The van der Waals surface area contributed by atoms with Gasteiger partial charge in [-0.2, -0.15) is 0 Å². The van der Waals surface area contributed by atoms with Gasteiger partial charge in [0.1, 0.15) is 17.9 Å². The van der Waals surface area contributed by atoms with Gasteiger partial charge in [-0.3, -0.25) is 4.99 Å². The molecule has 1 aromatic carbocycles. The van der Waals surface area contributed by atoms with Crippen LogP contribution in [0.1, 0.15) is 26.3 Å². The molecule has 0 bridgehead atoms. The van der Waals surface area contributed by atoms with Crippen molar-refractivity contribution in [3.8, 4) is 18.1 Å². The van der Waals surface area contributed by atoms with Gasteiger partial charge in [0.25, 0.3) is 0 Å². The van der Waals surface area contributed by atoms with Gasteiger partial charge in [0.05, 0.1) is 18.3 Å². The summed E-state index contributed by atoms with van der Waals surface area (Å²) in [6, 6.07) is 6.17. The summed E-state index contributed by atoms with van der Waals surface area (Å²) >= 11 is 1.37. The minimum atomic E-state index is -1.14. The Morgan fingerprint density at radius 2 is 2.03 bits per heavy atom. The van der Waals surface area contributed by atoms with E-state index in [0.717, 1.165) is 11.5 Å². The lowest BCUT2D eigenvalue weighted by molar-refractivity contribution is 0.124. The molecule has 36 heavy (non-hydrogen) atoms. The maximum absolute atomic E-state index is 15.3. The molecule has 0 unspecified atom stereocenters. The third-order valence-corrected chi connectivity index (χ3v) is 7.84. The number of benzene rings is 1. The van der Waals surface area contributed by atoms with Crippen molar-refractivity contribution < 1.29 is 18.3 Å². The van der Waals surface area contributed by atoms with Crippen molar-refractivity contribution in [2.45, 2.75) is 31.1 Å². The molecule has 0 aliphatic carbocycles. The Morgan fingerprint density at radius 3 is 2.75 bits per heavy atom. The number of halogens is 2. The smallest absolute Gasteiger partial charge is 0.164 e. The molecule has 2 aromatic heterocycles. The molecule has 0 amide bonds. The summed E-state index contributed by atoms with van der Waals surface area (Å²) in [6.45, 7) is 6.17. The molecule has 4 rings (SSSR count). The van der Waals surface area contributed by atoms with Gasteiger partial charge in [-0.25, -0.2) is 18.7 Å². The number of rotatable bonds is 7. The number of anilines is 2. The number of aromatic nitrogens is 2. The summed E-state index contributed by atoms with van der Waals surface area (Å²) in [5, 5.41) is 4.11. The molecular formula is C26H27F2N5O2S. The van der Waals surface area contributed by atoms with Gasteiger partial charge in [0.2, 0.25) is 0 Å². The topological polar surface area (TPSA) is 94.7 Å². The zero-order valence-electron chi connectivity index (χ0n) is 20.4. The number of aliphatic imine (C=N–C) groups is 1. The Morgan fingerprint density at radius 1 is 1.25 bits per heavy atom. The molecule has 3 aromatic rings. The third-order valence-electron chi connectivity index (χ3n) is 6.60. The van der Waals surface area contributed by atoms with Crippen LogP contribution in [0.5, 0.6) is 5.75 Å². The predicted molar refractivity (Wildman–Crippen MR) is 140 cm³/mol. The van der Waals surface area contributed by atoms with Crippen LogP contribution in [0, 0.1) is 29.9 Å². The number of hydrogen-bond acceptors (Lipinski definition) is 8. The van der Waals surface area contributed by atoms with Crippen LogP contribution >= 0.6 is 11.8 Å². The van der Waals surface area contributed by atoms with E-state index < -0.39 is 21.9 Å². The lowest BCUT2D eigenvalue weighted by Gasteiger charge is -2.47. The molecule has 0 spiro atoms. The molecule has 10 heteroatoms. The fraction of sp³-hybridized carbons (Fsp3) is 0.346. The molecule has 0 saturated heterocycles. The van der Waals surface area contributed by atoms with Crippen LogP contribution in [-0.2, 0) is 10.3 Å². The minimum Gasteiger partial charge on any atom is -0.479 e. The van der Waals surface area contributed by atoms with Crippen molar-refractivity contribution in [3.05, 3.63) is 53.9 Å². The highest BCUT2D eigenvalue weighted by molar-refractivity contribution is 8.15. The Kier molecular flexibility index (Phi) is 7.07. The average molecular weight is 512 g/mol. The summed E-state index contributed by atoms with van der Waals surface area (Å²) < 4.78 is 40.6. The molecule has 3 heterocycles. The van der Waals surface area contributed by atoms with Gasteiger partial charge in [-0.05, 0) is 32.0 Å². The average Bonchev–Trinajstić information content (AvgIpc) is 2.83. The van der Waals surface area contributed by atoms with Crippen LogP contribution in [-0.4, -0.2) is 40.2 Å². The molecule has 3 N–H and O–H groups in total. The molecule has 188 valence electrons. The van der Waals surface area contributed by atoms with Crippen LogP contribution in [0.15, 0.2) is 41.7 Å². The van der Waals surface area contributed by atoms with Crippen molar-refractivity contribution in [3.63, 3.8) is 0 Å². The SMILES string of the molecule is C#CCOc1cnc2c(Nc3cc(F)c(F)c([C@@]4(C)N=C(N)S[C@](C)(COC)[C@H]4C)c3)nccc2c1. The first-order chi connectivity index (χ1) is 17.1. The number of terminal acetylenes is 1. The first-order valence-corrected chi connectivity index (χ1v) is 12.0. The highest BCUT2D eigenvalue weighted by Crippen LogP contribution is 2.51. The van der Waals surface area contributed by atoms with Crippen molar-refractivity contribution in [1.29, 1.82) is 0 Å². The standard InChI is InChI=1S/C26H27F2N5O2S/c1-6-9-35-18-10-16-7-8-30-23(22(16)31-13-18)32-17-11-19(21(28)20(27)12-17)26(4)15(2)25(3,14-34-5)36-24(29)33-26/h1,7-8,10-13,15H,9,14H2,2-5H3,(H2,29,33)(H,30,32)/t15-,25-,26+/m1/s1. The molecule has 1 aliphatic rings. The van der Waals surface area contributed by atoms with Crippen molar-refractivity contribution in [1.82, 2.24) is 9.97 Å². The van der Waals surface area contributed by atoms with Gasteiger partial charge < -0.3 is 20.5 Å². The van der Waals surface area contributed by atoms with E-state index in [4.69, 9.17) is 21.6 Å². The van der Waals surface area contributed by atoms with E-state index >= 15 is 4.39 Å². The van der Waals surface area contributed by atoms with Crippen molar-refractivity contribution in [2.75, 3.05) is 25.6 Å². The highest BCUT2D eigenvalue weighted by atomic mass is 32.2. The molecule has 0 radical (unpaired) electrons. The second-order valence-electron chi connectivity index (χ2n) is 9.01. The number of pyridine rings is 2. The van der Waals surface area contributed by atoms with E-state index in [9.17, 15) is 4.39 Å². The van der Waals surface area contributed by atoms with Gasteiger partial charge in [-0.1, -0.05) is 24.6 Å². The van der Waals surface area contributed by atoms with E-state index in [1.165, 1.54) is 18.0 Å². The Labute approximate surface area is 212 Å². The number of thioether (sulfide) groups is 1. The van der Waals surface area contributed by atoms with Crippen LogP contribution in [0.2, 0.25) is 0 Å². The lowest BCUT2D eigenvalue weighted by Crippen LogP contribution is -2.50. The third kappa shape index (κ3) is 4.68. The zero-order valence-corrected chi connectivity index (χ0v) is 21.2. The van der Waals surface area contributed by atoms with E-state index in [2.05, 4.69) is 26.2 Å². The quantitative estimate of drug-likeness (QED) is 0.432. The van der Waals surface area contributed by atoms with Gasteiger partial charge in [0, 0.05) is 46.7 Å². The molecule has 3 atom stereocenters. The van der Waals surface area contributed by atoms with Crippen LogP contribution in [0.3, 0.4) is 0 Å². The molecule has 7 nitrogen and oxygen atoms in total. The Bertz CT molecular complexity index is 1380. The molecule has 0 fully saturated rings. The largest absolute Gasteiger partial charge is 0.479 e. The summed E-state index contributed by atoms with van der Waals surface area (Å²) in [4.78, 5) is 13.4. The fourth-order valence-corrected chi connectivity index (χ4v) is 5.80. The number of amidine groups is 1. The van der Waals surface area contributed by atoms with Gasteiger partial charge in [-0.15, -0.1) is 6.42 Å². The van der Waals surface area contributed by atoms with E-state index in [1.54, 1.807) is 38.4 Å². The van der Waals surface area contributed by atoms with Crippen molar-refractivity contribution >= 4 is 39.3 Å².